The second-order valence-electron chi connectivity index (χ2n) is 22.7. The normalized spacial score (nSPS) is 12.3. The van der Waals surface area contributed by atoms with E-state index in [0.717, 1.165) is 147 Å². The quantitative estimate of drug-likeness (QED) is 0.0194. The molecule has 0 radical (unpaired) electrons. The van der Waals surface area contributed by atoms with Crippen molar-refractivity contribution in [2.75, 3.05) is 44.2 Å². The molecule has 0 aliphatic rings. The molecule has 0 aliphatic carbocycles. The maximum Gasteiger partial charge on any atom is 0.222 e. The largest absolute Gasteiger partial charge is 0.368 e. The zero-order chi connectivity index (χ0) is 65.7. The Bertz CT molecular complexity index is 3610. The molecule has 0 saturated heterocycles. The van der Waals surface area contributed by atoms with E-state index in [0.29, 0.717) is 54.6 Å². The zero-order valence-corrected chi connectivity index (χ0v) is 54.2. The van der Waals surface area contributed by atoms with Crippen molar-refractivity contribution in [2.24, 2.45) is 0 Å². The number of fused-ring (bicyclic) bond motifs is 4. The first-order valence-electron chi connectivity index (χ1n) is 31.3. The van der Waals surface area contributed by atoms with Gasteiger partial charge >= 0.3 is 0 Å². The highest BCUT2D eigenvalue weighted by molar-refractivity contribution is 7.17. The Morgan fingerprint density at radius 1 is 0.411 bits per heavy atom. The fraction of sp³-hybridized carbons (Fsp3) is 0.485. The van der Waals surface area contributed by atoms with Gasteiger partial charge in [-0.15, -0.1) is 11.3 Å². The topological polar surface area (TPSA) is 324 Å². The molecule has 20 nitrogen and oxygen atoms in total. The number of nitrogens with one attached hydrogen (secondary N) is 4. The van der Waals surface area contributed by atoms with Gasteiger partial charge in [-0.2, -0.15) is 19.9 Å². The van der Waals surface area contributed by atoms with Crippen LogP contribution in [0.1, 0.15) is 184 Å². The number of hydrogen-bond donors (Lipinski definition) is 8. The highest BCUT2D eigenvalue weighted by Crippen LogP contribution is 2.30. The number of aromatic nitrogens is 8. The first-order valence-corrected chi connectivity index (χ1v) is 32.2. The third-order valence-electron chi connectivity index (χ3n) is 14.7. The molecule has 12 N–H and O–H groups in total. The number of ketones is 4. The van der Waals surface area contributed by atoms with E-state index < -0.39 is 11.6 Å². The molecule has 4 atom stereocenters. The zero-order valence-electron chi connectivity index (χ0n) is 53.4. The third kappa shape index (κ3) is 24.5. The summed E-state index contributed by atoms with van der Waals surface area (Å²) >= 11 is 1.60. The fourth-order valence-corrected chi connectivity index (χ4v) is 10.7. The van der Waals surface area contributed by atoms with Crippen LogP contribution in [0.2, 0.25) is 0 Å². The lowest BCUT2D eigenvalue weighted by molar-refractivity contribution is -0.118. The van der Waals surface area contributed by atoms with E-state index in [1.165, 1.54) is 12.1 Å². The second-order valence-corrected chi connectivity index (χ2v) is 23.6. The Labute approximate surface area is 530 Å². The van der Waals surface area contributed by atoms with Crippen LogP contribution < -0.4 is 44.2 Å². The molecule has 0 amide bonds. The molecule has 5 aromatic heterocycles. The standard InChI is InChI=1S/C17H22F2N4O.C17H23FN4O.C17H24N4O.C15H22N4OS/c1-3-4-5-11(7-6-10(2)24)21-16-12-8-13(18)14(19)9-15(12)22-17(20)23-16;1-3-4-5-13(8-6-11(2)23)20-16-14-9-7-12(18)10-15(14)21-17(19)22-16;1-3-4-7-13(11-10-12(2)22)19-16-14-8-5-6-9-15(14)20-17(18)21-16;1-3-4-5-11(7-6-10(2)20)17-14-13-12(8-9-21-13)18-15(16)19-14/h8-9,11H,3-7H2,1-2H3,(H3,20,21,22,23);7,9-10,13H,3-6,8H2,1-2H3,(H3,19,20,21,22);5-6,8-9,13H,3-4,7,10-11H2,1-2H3,(H3,18,19,20,21);8-9,11H,3-7H2,1-2H3,(H3,16,17,18,19)/t11-;2*13-;11-/m1111/s1. The summed E-state index contributed by atoms with van der Waals surface area (Å²) in [6.07, 6.45) is 17.7. The van der Waals surface area contributed by atoms with Crippen molar-refractivity contribution >= 4 is 124 Å². The summed E-state index contributed by atoms with van der Waals surface area (Å²) in [5.74, 6) is 1.55. The summed E-state index contributed by atoms with van der Waals surface area (Å²) in [5.41, 5.74) is 25.4. The van der Waals surface area contributed by atoms with Crippen LogP contribution in [0.4, 0.5) is 60.2 Å². The average molecular weight is 1260 g/mol. The Hall–Kier alpha value is -8.41. The van der Waals surface area contributed by atoms with Gasteiger partial charge in [-0.05, 0) is 121 Å². The minimum Gasteiger partial charge on any atom is -0.368 e. The smallest absolute Gasteiger partial charge is 0.222 e. The molecule has 3 aromatic carbocycles. The number of carbonyl (C=O) groups excluding carboxylic acids is 4. The molecule has 8 aromatic rings. The number of nitrogen functional groups attached to an aromatic ring is 4. The highest BCUT2D eigenvalue weighted by atomic mass is 32.1. The maximum atomic E-state index is 13.6. The number of nitrogens with zero attached hydrogens (tertiary/aromatic N) is 8. The number of benzene rings is 3. The number of unbranched alkanes of at least 4 members (excludes halogenated alkanes) is 4. The number of para-hydroxylation sites is 1. The van der Waals surface area contributed by atoms with Crippen molar-refractivity contribution in [3.63, 3.8) is 0 Å². The van der Waals surface area contributed by atoms with Gasteiger partial charge in [0.2, 0.25) is 23.8 Å². The summed E-state index contributed by atoms with van der Waals surface area (Å²) < 4.78 is 41.4. The lowest BCUT2D eigenvalue weighted by Crippen LogP contribution is -2.22. The van der Waals surface area contributed by atoms with Crippen molar-refractivity contribution < 1.29 is 32.3 Å². The van der Waals surface area contributed by atoms with Gasteiger partial charge in [0.25, 0.3) is 0 Å². The summed E-state index contributed by atoms with van der Waals surface area (Å²) in [5, 5.41) is 17.6. The summed E-state index contributed by atoms with van der Waals surface area (Å²) in [6, 6.07) is 16.8. The van der Waals surface area contributed by atoms with Crippen LogP contribution in [0.3, 0.4) is 0 Å². The fourth-order valence-electron chi connectivity index (χ4n) is 9.91. The van der Waals surface area contributed by atoms with Crippen molar-refractivity contribution in [1.29, 1.82) is 0 Å². The number of anilines is 8. The summed E-state index contributed by atoms with van der Waals surface area (Å²) in [4.78, 5) is 78.6. The van der Waals surface area contributed by atoms with Crippen molar-refractivity contribution in [3.05, 3.63) is 83.5 Å². The number of thiophene rings is 1. The number of hydrogen-bond acceptors (Lipinski definition) is 21. The first kappa shape index (κ1) is 72.3. The molecule has 0 saturated carbocycles. The molecule has 8 rings (SSSR count). The lowest BCUT2D eigenvalue weighted by atomic mass is 10.0. The number of rotatable bonds is 32. The molecule has 90 heavy (non-hydrogen) atoms. The summed E-state index contributed by atoms with van der Waals surface area (Å²) in [7, 11) is 0. The third-order valence-corrected chi connectivity index (χ3v) is 15.7. The van der Waals surface area contributed by atoms with Crippen LogP contribution in [-0.4, -0.2) is 87.2 Å². The van der Waals surface area contributed by atoms with Crippen molar-refractivity contribution in [1.82, 2.24) is 39.9 Å². The van der Waals surface area contributed by atoms with Crippen molar-refractivity contribution in [3.8, 4) is 0 Å². The molecular formula is C66H91F3N16O4S. The minimum absolute atomic E-state index is 0.000496. The van der Waals surface area contributed by atoms with E-state index in [-0.39, 0.29) is 82.4 Å². The predicted molar refractivity (Wildman–Crippen MR) is 361 cm³/mol. The van der Waals surface area contributed by atoms with E-state index in [9.17, 15) is 32.3 Å². The van der Waals surface area contributed by atoms with Gasteiger partial charge in [-0.1, -0.05) is 91.2 Å². The van der Waals surface area contributed by atoms with E-state index >= 15 is 0 Å². The van der Waals surface area contributed by atoms with Gasteiger partial charge in [0.15, 0.2) is 11.6 Å². The monoisotopic (exact) mass is 1260 g/mol. The van der Waals surface area contributed by atoms with Gasteiger partial charge in [0.1, 0.15) is 52.2 Å². The van der Waals surface area contributed by atoms with Crippen molar-refractivity contribution in [2.45, 2.75) is 208 Å². The van der Waals surface area contributed by atoms with E-state index in [1.54, 1.807) is 45.1 Å². The van der Waals surface area contributed by atoms with Crippen LogP contribution in [0.25, 0.3) is 42.9 Å². The van der Waals surface area contributed by atoms with E-state index in [4.69, 9.17) is 22.9 Å². The van der Waals surface area contributed by atoms with Crippen LogP contribution in [0.5, 0.6) is 0 Å². The van der Waals surface area contributed by atoms with Crippen LogP contribution in [-0.2, 0) is 19.2 Å². The molecule has 0 spiro atoms. The Kier molecular flexibility index (Phi) is 30.2. The first-order chi connectivity index (χ1) is 43.1. The molecule has 0 bridgehead atoms. The van der Waals surface area contributed by atoms with E-state index in [1.807, 2.05) is 35.7 Å². The van der Waals surface area contributed by atoms with Crippen LogP contribution in [0, 0.1) is 17.5 Å². The lowest BCUT2D eigenvalue weighted by Gasteiger charge is -2.20. The predicted octanol–water partition coefficient (Wildman–Crippen LogP) is 14.7. The molecule has 0 aliphatic heterocycles. The second kappa shape index (κ2) is 37.6. The average Bonchev–Trinajstić information content (AvgIpc) is 0.975. The van der Waals surface area contributed by atoms with Gasteiger partial charge in [-0.3, -0.25) is 0 Å². The van der Waals surface area contributed by atoms with Gasteiger partial charge < -0.3 is 63.4 Å². The number of carbonyl (C=O) groups is 4. The molecule has 5 heterocycles. The molecule has 0 fully saturated rings. The van der Waals surface area contributed by atoms with Gasteiger partial charge in [0, 0.05) is 78.1 Å². The Balaban J connectivity index is 0.000000218. The minimum atomic E-state index is -0.981. The van der Waals surface area contributed by atoms with Gasteiger partial charge in [-0.25, -0.2) is 33.1 Å². The SMILES string of the molecule is CCCC[C@H](CCC(C)=O)Nc1nc(N)nc2cc(F)c(F)cc12.CCCC[C@H](CCC(C)=O)Nc1nc(N)nc2cc(F)ccc12.CCCC[C@H](CCC(C)=O)Nc1nc(N)nc2ccccc12.CCCC[C@H](CCC(C)=O)Nc1nc(N)nc2ccsc12. The van der Waals surface area contributed by atoms with Gasteiger partial charge in [0.05, 0.1) is 26.8 Å². The van der Waals surface area contributed by atoms with Crippen LogP contribution in [0.15, 0.2) is 66.0 Å². The number of halogens is 3. The Morgan fingerprint density at radius 2 is 0.767 bits per heavy atom. The maximum absolute atomic E-state index is 13.6. The van der Waals surface area contributed by atoms with E-state index in [2.05, 4.69) is 88.8 Å². The summed E-state index contributed by atoms with van der Waals surface area (Å²) in [6.45, 7) is 15.0. The number of nitrogens with two attached hydrogens (primary N) is 4. The number of Topliss-reactive ketones (excluding diaryl/α,β-unsaturated/α-hetero) is 4. The molecule has 24 heteroatoms. The molecule has 486 valence electrons. The molecular weight excluding hydrogens is 1170 g/mol. The highest BCUT2D eigenvalue weighted by Gasteiger charge is 2.19. The Morgan fingerprint density at radius 3 is 1.20 bits per heavy atom. The van der Waals surface area contributed by atoms with Crippen LogP contribution >= 0.6 is 11.3 Å². The molecule has 0 unspecified atom stereocenters.